The van der Waals surface area contributed by atoms with Gasteiger partial charge in [-0.1, -0.05) is 27.2 Å². The van der Waals surface area contributed by atoms with Crippen molar-refractivity contribution in [2.24, 2.45) is 5.41 Å². The number of nitrogens with zero attached hydrogens (tertiary/aromatic N) is 1. The van der Waals surface area contributed by atoms with Crippen LogP contribution in [0, 0.1) is 5.41 Å². The molecule has 2 nitrogen and oxygen atoms in total. The van der Waals surface area contributed by atoms with Gasteiger partial charge in [0.15, 0.2) is 6.39 Å². The number of oxazole rings is 1. The monoisotopic (exact) mass is 153 g/mol. The molecule has 0 aliphatic carbocycles. The Hall–Kier alpha value is -0.790. The van der Waals surface area contributed by atoms with E-state index in [0.717, 1.165) is 18.6 Å². The molecular formula is C9H15NO. The second-order valence-corrected chi connectivity index (χ2v) is 3.66. The Morgan fingerprint density at radius 2 is 2.27 bits per heavy atom. The van der Waals surface area contributed by atoms with Crippen LogP contribution in [0.2, 0.25) is 0 Å². The molecule has 0 N–H and O–H groups in total. The summed E-state index contributed by atoms with van der Waals surface area (Å²) in [4.78, 5) is 3.87. The van der Waals surface area contributed by atoms with E-state index >= 15 is 0 Å². The van der Waals surface area contributed by atoms with E-state index in [9.17, 15) is 0 Å². The van der Waals surface area contributed by atoms with Crippen molar-refractivity contribution in [3.8, 4) is 0 Å². The van der Waals surface area contributed by atoms with Crippen LogP contribution in [0.3, 0.4) is 0 Å². The lowest BCUT2D eigenvalue weighted by molar-refractivity contribution is 0.317. The van der Waals surface area contributed by atoms with Gasteiger partial charge in [-0.25, -0.2) is 4.98 Å². The molecule has 0 aliphatic heterocycles. The largest absolute Gasteiger partial charge is 0.449 e. The standard InChI is InChI=1S/C9H15NO/c1-4-9(2,3)5-8-6-10-7-11-8/h6-7H,4-5H2,1-3H3. The molecule has 1 aromatic heterocycles. The molecule has 1 rings (SSSR count). The fourth-order valence-electron chi connectivity index (χ4n) is 0.926. The van der Waals surface area contributed by atoms with Crippen molar-refractivity contribution in [3.05, 3.63) is 18.4 Å². The van der Waals surface area contributed by atoms with Crippen molar-refractivity contribution in [2.75, 3.05) is 0 Å². The maximum absolute atomic E-state index is 5.16. The smallest absolute Gasteiger partial charge is 0.180 e. The molecule has 0 fully saturated rings. The van der Waals surface area contributed by atoms with Crippen molar-refractivity contribution >= 4 is 0 Å². The zero-order valence-electron chi connectivity index (χ0n) is 7.42. The summed E-state index contributed by atoms with van der Waals surface area (Å²) in [7, 11) is 0. The van der Waals surface area contributed by atoms with Gasteiger partial charge in [0.05, 0.1) is 6.20 Å². The number of hydrogen-bond acceptors (Lipinski definition) is 2. The summed E-state index contributed by atoms with van der Waals surface area (Å²) >= 11 is 0. The van der Waals surface area contributed by atoms with E-state index in [0.29, 0.717) is 5.41 Å². The summed E-state index contributed by atoms with van der Waals surface area (Å²) in [5.41, 5.74) is 0.333. The predicted octanol–water partition coefficient (Wildman–Crippen LogP) is 2.65. The fourth-order valence-corrected chi connectivity index (χ4v) is 0.926. The minimum Gasteiger partial charge on any atom is -0.449 e. The normalized spacial score (nSPS) is 11.9. The topological polar surface area (TPSA) is 26.0 Å². The molecule has 0 radical (unpaired) electrons. The minimum atomic E-state index is 0.333. The van der Waals surface area contributed by atoms with E-state index < -0.39 is 0 Å². The van der Waals surface area contributed by atoms with E-state index in [-0.39, 0.29) is 0 Å². The average Bonchev–Trinajstić information content (AvgIpc) is 2.39. The zero-order valence-corrected chi connectivity index (χ0v) is 7.42. The SMILES string of the molecule is CCC(C)(C)Cc1cnco1. The van der Waals surface area contributed by atoms with Crippen molar-refractivity contribution in [1.82, 2.24) is 4.98 Å². The Morgan fingerprint density at radius 1 is 1.55 bits per heavy atom. The van der Waals surface area contributed by atoms with Gasteiger partial charge in [-0.05, 0) is 5.41 Å². The Kier molecular flexibility index (Phi) is 2.32. The second kappa shape index (κ2) is 3.07. The van der Waals surface area contributed by atoms with Gasteiger partial charge in [0, 0.05) is 6.42 Å². The highest BCUT2D eigenvalue weighted by Crippen LogP contribution is 2.24. The maximum atomic E-state index is 5.16. The molecule has 11 heavy (non-hydrogen) atoms. The third-order valence-corrected chi connectivity index (χ3v) is 2.09. The van der Waals surface area contributed by atoms with Crippen LogP contribution in [0.4, 0.5) is 0 Å². The zero-order chi connectivity index (χ0) is 8.32. The molecule has 62 valence electrons. The Morgan fingerprint density at radius 3 is 2.73 bits per heavy atom. The van der Waals surface area contributed by atoms with E-state index in [1.807, 2.05) is 0 Å². The highest BCUT2D eigenvalue weighted by molar-refractivity contribution is 4.92. The van der Waals surface area contributed by atoms with Gasteiger partial charge in [-0.3, -0.25) is 0 Å². The lowest BCUT2D eigenvalue weighted by atomic mass is 9.86. The second-order valence-electron chi connectivity index (χ2n) is 3.66. The van der Waals surface area contributed by atoms with Gasteiger partial charge < -0.3 is 4.42 Å². The summed E-state index contributed by atoms with van der Waals surface area (Å²) in [6.45, 7) is 6.65. The third kappa shape index (κ3) is 2.37. The Balaban J connectivity index is 2.56. The molecule has 0 amide bonds. The maximum Gasteiger partial charge on any atom is 0.180 e. The molecule has 1 heterocycles. The first kappa shape index (κ1) is 8.31. The van der Waals surface area contributed by atoms with Gasteiger partial charge in [0.2, 0.25) is 0 Å². The van der Waals surface area contributed by atoms with Crippen molar-refractivity contribution in [2.45, 2.75) is 33.6 Å². The highest BCUT2D eigenvalue weighted by atomic mass is 16.3. The third-order valence-electron chi connectivity index (χ3n) is 2.09. The van der Waals surface area contributed by atoms with Crippen LogP contribution in [-0.2, 0) is 6.42 Å². The molecule has 0 bridgehead atoms. The molecule has 0 aromatic carbocycles. The van der Waals surface area contributed by atoms with Gasteiger partial charge >= 0.3 is 0 Å². The van der Waals surface area contributed by atoms with Gasteiger partial charge in [-0.15, -0.1) is 0 Å². The first-order valence-electron chi connectivity index (χ1n) is 4.01. The van der Waals surface area contributed by atoms with Crippen LogP contribution < -0.4 is 0 Å². The Labute approximate surface area is 67.6 Å². The van der Waals surface area contributed by atoms with E-state index in [4.69, 9.17) is 4.42 Å². The minimum absolute atomic E-state index is 0.333. The Bertz CT molecular complexity index is 201. The quantitative estimate of drug-likeness (QED) is 0.667. The predicted molar refractivity (Wildman–Crippen MR) is 44.3 cm³/mol. The van der Waals surface area contributed by atoms with Crippen LogP contribution in [0.15, 0.2) is 17.0 Å². The molecule has 0 saturated carbocycles. The first-order valence-corrected chi connectivity index (χ1v) is 4.01. The summed E-state index contributed by atoms with van der Waals surface area (Å²) in [6.07, 6.45) is 5.41. The number of aromatic nitrogens is 1. The summed E-state index contributed by atoms with van der Waals surface area (Å²) in [5, 5.41) is 0. The van der Waals surface area contributed by atoms with E-state index in [1.165, 1.54) is 6.39 Å². The van der Waals surface area contributed by atoms with Crippen LogP contribution in [-0.4, -0.2) is 4.98 Å². The average molecular weight is 153 g/mol. The molecule has 2 heteroatoms. The van der Waals surface area contributed by atoms with Crippen molar-refractivity contribution in [1.29, 1.82) is 0 Å². The van der Waals surface area contributed by atoms with Gasteiger partial charge in [0.25, 0.3) is 0 Å². The number of rotatable bonds is 3. The molecule has 0 saturated heterocycles. The molecule has 1 aromatic rings. The molecular weight excluding hydrogens is 138 g/mol. The van der Waals surface area contributed by atoms with Crippen LogP contribution in [0.25, 0.3) is 0 Å². The first-order chi connectivity index (χ1) is 5.14. The van der Waals surface area contributed by atoms with E-state index in [1.54, 1.807) is 6.20 Å². The lowest BCUT2D eigenvalue weighted by Crippen LogP contribution is -2.12. The molecule has 0 aliphatic rings. The summed E-state index contributed by atoms with van der Waals surface area (Å²) in [5.74, 6) is 0.983. The molecule has 0 unspecified atom stereocenters. The highest BCUT2D eigenvalue weighted by Gasteiger charge is 2.17. The summed E-state index contributed by atoms with van der Waals surface area (Å²) < 4.78 is 5.16. The van der Waals surface area contributed by atoms with Gasteiger partial charge in [-0.2, -0.15) is 0 Å². The molecule has 0 atom stereocenters. The van der Waals surface area contributed by atoms with Crippen LogP contribution in [0.1, 0.15) is 33.0 Å². The van der Waals surface area contributed by atoms with Gasteiger partial charge in [0.1, 0.15) is 5.76 Å². The summed E-state index contributed by atoms with van der Waals surface area (Å²) in [6, 6.07) is 0. The van der Waals surface area contributed by atoms with Crippen LogP contribution in [0.5, 0.6) is 0 Å². The van der Waals surface area contributed by atoms with Crippen molar-refractivity contribution < 1.29 is 4.42 Å². The molecule has 0 spiro atoms. The number of hydrogen-bond donors (Lipinski definition) is 0. The van der Waals surface area contributed by atoms with Crippen molar-refractivity contribution in [3.63, 3.8) is 0 Å². The van der Waals surface area contributed by atoms with E-state index in [2.05, 4.69) is 25.8 Å². The van der Waals surface area contributed by atoms with Crippen LogP contribution >= 0.6 is 0 Å². The lowest BCUT2D eigenvalue weighted by Gasteiger charge is -2.20. The fraction of sp³-hybridized carbons (Fsp3) is 0.667.